The molecule has 0 saturated heterocycles. The molecule has 2 aliphatic rings. The largest absolute Gasteiger partial charge is 0.349 e. The zero-order valence-corrected chi connectivity index (χ0v) is 24.6. The molecule has 2 unspecified atom stereocenters. The van der Waals surface area contributed by atoms with E-state index in [9.17, 15) is 4.57 Å². The van der Waals surface area contributed by atoms with Crippen molar-refractivity contribution in [2.24, 2.45) is 0 Å². The summed E-state index contributed by atoms with van der Waals surface area (Å²) in [5.41, 5.74) is 12.1. The maximum absolute atomic E-state index is 13.2. The van der Waals surface area contributed by atoms with Gasteiger partial charge in [-0.2, -0.15) is 0 Å². The predicted molar refractivity (Wildman–Crippen MR) is 139 cm³/mol. The van der Waals surface area contributed by atoms with Crippen molar-refractivity contribution in [3.05, 3.63) is 94.6 Å². The molecule has 0 fully saturated rings. The minimum atomic E-state index is -2.44. The third-order valence-corrected chi connectivity index (χ3v) is 41.1. The summed E-state index contributed by atoms with van der Waals surface area (Å²) >= 11 is 0. The van der Waals surface area contributed by atoms with Crippen LogP contribution in [0.3, 0.4) is 0 Å². The summed E-state index contributed by atoms with van der Waals surface area (Å²) in [5.74, 6) is 0. The first-order chi connectivity index (χ1) is 14.7. The average Bonchev–Trinajstić information content (AvgIpc) is 3.43. The van der Waals surface area contributed by atoms with E-state index in [0.717, 1.165) is 24.9 Å². The molecule has 0 radical (unpaired) electrons. The summed E-state index contributed by atoms with van der Waals surface area (Å²) in [4.78, 5) is 0. The van der Waals surface area contributed by atoms with E-state index in [1.165, 1.54) is 11.1 Å². The van der Waals surface area contributed by atoms with Gasteiger partial charge in [0.15, 0.2) is 0 Å². The molecule has 0 N–H and O–H groups in total. The van der Waals surface area contributed by atoms with Crippen LogP contribution < -0.4 is 0 Å². The molecule has 0 bridgehead atoms. The van der Waals surface area contributed by atoms with Crippen LogP contribution >= 0.6 is 8.25 Å². The van der Waals surface area contributed by atoms with Gasteiger partial charge in [0, 0.05) is 16.3 Å². The second-order valence-corrected chi connectivity index (χ2v) is 33.8. The van der Waals surface area contributed by atoms with Crippen LogP contribution in [-0.4, -0.2) is 49.2 Å². The first-order valence-corrected chi connectivity index (χ1v) is 26.3. The van der Waals surface area contributed by atoms with Gasteiger partial charge in [-0.05, 0) is 53.3 Å². The molecular weight excluding hydrogens is 488 g/mol. The fraction of sp³-hybridized carbons (Fsp3) is 0.200. The molecule has 0 aromatic heterocycles. The zero-order chi connectivity index (χ0) is 20.7. The Morgan fingerprint density at radius 2 is 1.13 bits per heavy atom. The summed E-state index contributed by atoms with van der Waals surface area (Å²) < 4.78 is 26.0. The minimum absolute atomic E-state index is 0.286. The quantitative estimate of drug-likeness (QED) is 0.361. The number of hydrogen-bond acceptors (Lipinski definition) is 3. The summed E-state index contributed by atoms with van der Waals surface area (Å²) in [6.45, 7) is 0. The van der Waals surface area contributed by atoms with Gasteiger partial charge in [-0.1, -0.05) is 83.5 Å². The molecule has 4 rings (SSSR count). The lowest BCUT2D eigenvalue weighted by Gasteiger charge is -2.28. The van der Waals surface area contributed by atoms with Crippen molar-refractivity contribution in [3.8, 4) is 0 Å². The molecule has 2 heterocycles. The molecule has 0 amide bonds. The smallest absolute Gasteiger partial charge is 0.300 e. The lowest BCUT2D eigenvalue weighted by atomic mass is 10.2. The fourth-order valence-electron chi connectivity index (χ4n) is 3.86. The number of aryl methyl sites for hydroxylation is 2. The molecule has 0 aliphatic carbocycles. The van der Waals surface area contributed by atoms with Gasteiger partial charge in [-0.25, -0.2) is 0 Å². The second kappa shape index (κ2) is 10.8. The minimum Gasteiger partial charge on any atom is -0.349 e. The van der Waals surface area contributed by atoms with Gasteiger partial charge in [0.05, 0.1) is 0 Å². The van der Waals surface area contributed by atoms with Crippen molar-refractivity contribution in [1.29, 1.82) is 0 Å². The molecule has 3 nitrogen and oxygen atoms in total. The van der Waals surface area contributed by atoms with Crippen molar-refractivity contribution in [2.75, 3.05) is 0 Å². The monoisotopic (exact) mass is 514 g/mol. The van der Waals surface area contributed by atoms with Crippen LogP contribution in [0.5, 0.6) is 0 Å². The van der Waals surface area contributed by atoms with Crippen molar-refractivity contribution in [2.45, 2.75) is 24.9 Å². The summed E-state index contributed by atoms with van der Waals surface area (Å²) in [6.07, 6.45) is 2.04. The summed E-state index contributed by atoms with van der Waals surface area (Å²) in [5, 5.41) is 0. The lowest BCUT2D eigenvalue weighted by molar-refractivity contribution is 0.419. The molecule has 154 valence electrons. The van der Waals surface area contributed by atoms with Gasteiger partial charge in [0.2, 0.25) is 15.7 Å². The number of rotatable bonds is 10. The van der Waals surface area contributed by atoms with Crippen LogP contribution in [0.25, 0.3) is 0 Å². The first-order valence-electron chi connectivity index (χ1n) is 10.4. The molecule has 0 spiro atoms. The number of benzene rings is 2. The first kappa shape index (κ1) is 22.6. The fourth-order valence-corrected chi connectivity index (χ4v) is 44.1. The van der Waals surface area contributed by atoms with E-state index in [1.807, 2.05) is 0 Å². The Bertz CT molecular complexity index is 891. The molecule has 2 aliphatic heterocycles. The van der Waals surface area contributed by atoms with Crippen LogP contribution in [0, 0.1) is 0 Å². The van der Waals surface area contributed by atoms with E-state index in [4.69, 9.17) is 8.43 Å². The van der Waals surface area contributed by atoms with Crippen molar-refractivity contribution >= 4 is 57.4 Å². The molecule has 2 aromatic carbocycles. The molecular formula is C20H27O3PSi6. The van der Waals surface area contributed by atoms with E-state index >= 15 is 0 Å². The molecule has 2 aromatic rings. The van der Waals surface area contributed by atoms with E-state index in [1.54, 1.807) is 0 Å². The van der Waals surface area contributed by atoms with Crippen LogP contribution in [0.2, 0.25) is 12.1 Å². The van der Waals surface area contributed by atoms with Crippen LogP contribution in [-0.2, 0) is 25.8 Å². The van der Waals surface area contributed by atoms with E-state index in [0.29, 0.717) is 17.2 Å². The molecule has 30 heavy (non-hydrogen) atoms. The maximum Gasteiger partial charge on any atom is 0.300 e. The molecule has 2 atom stereocenters. The Hall–Kier alpha value is -0.629. The van der Waals surface area contributed by atoms with Gasteiger partial charge >= 0.3 is 0 Å². The summed E-state index contributed by atoms with van der Waals surface area (Å²) in [7, 11) is -5.13. The van der Waals surface area contributed by atoms with Gasteiger partial charge in [-0.15, -0.1) is 0 Å². The highest BCUT2D eigenvalue weighted by Crippen LogP contribution is 2.37. The maximum atomic E-state index is 13.2. The molecule has 0 saturated carbocycles. The highest BCUT2D eigenvalue weighted by molar-refractivity contribution is 7.47. The van der Waals surface area contributed by atoms with Crippen molar-refractivity contribution < 1.29 is 13.0 Å². The third kappa shape index (κ3) is 6.21. The van der Waals surface area contributed by atoms with Gasteiger partial charge in [0.25, 0.3) is 8.25 Å². The van der Waals surface area contributed by atoms with Gasteiger partial charge < -0.3 is 8.43 Å². The van der Waals surface area contributed by atoms with E-state index in [2.05, 4.69) is 83.5 Å². The second-order valence-electron chi connectivity index (χ2n) is 7.77. The highest BCUT2D eigenvalue weighted by Gasteiger charge is 2.37. The highest BCUT2D eigenvalue weighted by atomic mass is 31.1. The Balaban J connectivity index is 1.39. The third-order valence-electron chi connectivity index (χ3n) is 5.58. The number of hydrogen-bond donors (Lipinski definition) is 0. The average molecular weight is 515 g/mol. The Morgan fingerprint density at radius 1 is 0.700 bits per heavy atom. The van der Waals surface area contributed by atoms with Crippen molar-refractivity contribution in [3.63, 3.8) is 0 Å². The normalized spacial score (nSPS) is 25.2. The molecule has 10 heteroatoms. The van der Waals surface area contributed by atoms with E-state index in [-0.39, 0.29) is 16.3 Å². The van der Waals surface area contributed by atoms with Crippen LogP contribution in [0.1, 0.15) is 11.1 Å². The SMILES string of the molecule is O=[PH](O[Si]1(CCc2ccccc2)C=C[SiH]=[SiH]1)O[Si]1(CCc2ccccc2)C=C[SiH]=[SiH]1. The van der Waals surface area contributed by atoms with Gasteiger partial charge in [0.1, 0.15) is 0 Å². The van der Waals surface area contributed by atoms with Gasteiger partial charge in [-0.3, -0.25) is 4.57 Å². The van der Waals surface area contributed by atoms with Crippen LogP contribution in [0.15, 0.2) is 83.5 Å². The van der Waals surface area contributed by atoms with E-state index < -0.39 is 23.9 Å². The topological polar surface area (TPSA) is 35.5 Å². The Morgan fingerprint density at radius 3 is 1.50 bits per heavy atom. The lowest BCUT2D eigenvalue weighted by Crippen LogP contribution is -2.41. The Kier molecular flexibility index (Phi) is 8.12. The summed E-state index contributed by atoms with van der Waals surface area (Å²) in [6, 6.07) is 23.3. The van der Waals surface area contributed by atoms with Crippen molar-refractivity contribution in [1.82, 2.24) is 0 Å². The standard InChI is InChI=1S/C20H27O3PSi6/c21-24(22-29(17-13-25-27-29)15-11-19-7-3-1-4-8-19)23-30(18-14-26-28-30)16-12-20-9-5-2-6-10-20/h1-10,13-14,17-18,24-28H,11-12,15-16H2. The van der Waals surface area contributed by atoms with Crippen LogP contribution in [0.4, 0.5) is 0 Å². The zero-order valence-electron chi connectivity index (χ0n) is 16.9. The predicted octanol–water partition coefficient (Wildman–Crippen LogP) is 2.49. The Labute approximate surface area is 189 Å².